The molecule has 1 aliphatic rings. The Morgan fingerprint density at radius 1 is 0.943 bits per heavy atom. The highest BCUT2D eigenvalue weighted by molar-refractivity contribution is 6.04. The van der Waals surface area contributed by atoms with E-state index in [2.05, 4.69) is 0 Å². The first-order valence-corrected chi connectivity index (χ1v) is 11.9. The molecule has 1 aliphatic carbocycles. The Morgan fingerprint density at radius 3 is 2.26 bits per heavy atom. The van der Waals surface area contributed by atoms with Crippen molar-refractivity contribution in [1.82, 2.24) is 0 Å². The predicted molar refractivity (Wildman–Crippen MR) is 129 cm³/mol. The van der Waals surface area contributed by atoms with Crippen molar-refractivity contribution in [2.75, 3.05) is 0 Å². The van der Waals surface area contributed by atoms with E-state index in [0.717, 1.165) is 28.8 Å². The Hall–Kier alpha value is -3.28. The van der Waals surface area contributed by atoms with Gasteiger partial charge in [-0.25, -0.2) is 0 Å². The Bertz CT molecular complexity index is 1150. The SMILES string of the molecule is CCC(=O)c1cccc(Cc2ccc(CCC(=O)CC3=CC(C(F)(F)F)=CC(CC)C3=O)cc2)c1. The zero-order valence-corrected chi connectivity index (χ0v) is 20.0. The summed E-state index contributed by atoms with van der Waals surface area (Å²) in [6.07, 6.45) is -1.07. The number of allylic oxidation sites excluding steroid dienone is 4. The first-order chi connectivity index (χ1) is 16.6. The third-order valence-electron chi connectivity index (χ3n) is 6.21. The average molecular weight is 483 g/mol. The number of ketones is 3. The van der Waals surface area contributed by atoms with Crippen molar-refractivity contribution in [1.29, 1.82) is 0 Å². The van der Waals surface area contributed by atoms with Crippen molar-refractivity contribution >= 4 is 17.3 Å². The molecule has 0 saturated carbocycles. The first kappa shape index (κ1) is 26.3. The number of aryl methyl sites for hydroxylation is 1. The van der Waals surface area contributed by atoms with Gasteiger partial charge < -0.3 is 0 Å². The van der Waals surface area contributed by atoms with Crippen LogP contribution in [-0.2, 0) is 22.4 Å². The minimum Gasteiger partial charge on any atom is -0.299 e. The van der Waals surface area contributed by atoms with Gasteiger partial charge in [0, 0.05) is 36.3 Å². The summed E-state index contributed by atoms with van der Waals surface area (Å²) < 4.78 is 39.5. The molecule has 3 rings (SSSR count). The van der Waals surface area contributed by atoms with Crippen LogP contribution < -0.4 is 0 Å². The van der Waals surface area contributed by atoms with Gasteiger partial charge in [0.05, 0.1) is 5.57 Å². The maximum absolute atomic E-state index is 13.2. The van der Waals surface area contributed by atoms with Crippen LogP contribution in [0.25, 0.3) is 0 Å². The van der Waals surface area contributed by atoms with E-state index in [1.54, 1.807) is 6.92 Å². The predicted octanol–water partition coefficient (Wildman–Crippen LogP) is 6.79. The standard InChI is InChI=1S/C29H29F3O3/c1-3-22-16-25(29(30,31)32)17-24(28(22)35)18-26(33)13-12-19-8-10-20(11-9-19)14-21-6-5-7-23(15-21)27(34)4-2/h5-11,15-17,22H,3-4,12-14,18H2,1-2H3. The zero-order valence-electron chi connectivity index (χ0n) is 20.0. The number of carbonyl (C=O) groups excluding carboxylic acids is 3. The van der Waals surface area contributed by atoms with E-state index in [4.69, 9.17) is 0 Å². The zero-order chi connectivity index (χ0) is 25.6. The van der Waals surface area contributed by atoms with E-state index in [1.807, 2.05) is 55.5 Å². The van der Waals surface area contributed by atoms with Gasteiger partial charge >= 0.3 is 6.18 Å². The largest absolute Gasteiger partial charge is 0.416 e. The summed E-state index contributed by atoms with van der Waals surface area (Å²) >= 11 is 0. The van der Waals surface area contributed by atoms with Crippen LogP contribution in [0.5, 0.6) is 0 Å². The summed E-state index contributed by atoms with van der Waals surface area (Å²) in [7, 11) is 0. The molecule has 0 aromatic heterocycles. The normalized spacial score (nSPS) is 16.0. The van der Waals surface area contributed by atoms with Gasteiger partial charge in [-0.2, -0.15) is 13.2 Å². The van der Waals surface area contributed by atoms with Crippen molar-refractivity contribution in [3.63, 3.8) is 0 Å². The summed E-state index contributed by atoms with van der Waals surface area (Å²) in [6.45, 7) is 3.49. The highest BCUT2D eigenvalue weighted by atomic mass is 19.4. The molecule has 0 spiro atoms. The van der Waals surface area contributed by atoms with Gasteiger partial charge in [0.25, 0.3) is 0 Å². The summed E-state index contributed by atoms with van der Waals surface area (Å²) in [4.78, 5) is 36.9. The quantitative estimate of drug-likeness (QED) is 0.351. The van der Waals surface area contributed by atoms with Crippen LogP contribution in [0.4, 0.5) is 13.2 Å². The minimum atomic E-state index is -4.54. The molecule has 6 heteroatoms. The minimum absolute atomic E-state index is 0.0594. The van der Waals surface area contributed by atoms with Crippen molar-refractivity contribution in [2.45, 2.75) is 58.5 Å². The van der Waals surface area contributed by atoms with Gasteiger partial charge in [-0.3, -0.25) is 14.4 Å². The molecule has 1 unspecified atom stereocenters. The molecular formula is C29H29F3O3. The Kier molecular flexibility index (Phi) is 8.60. The third-order valence-corrected chi connectivity index (χ3v) is 6.21. The number of halogens is 3. The molecule has 1 atom stereocenters. The maximum Gasteiger partial charge on any atom is 0.416 e. The van der Waals surface area contributed by atoms with Crippen LogP contribution in [0.1, 0.15) is 66.6 Å². The topological polar surface area (TPSA) is 51.2 Å². The molecule has 0 radical (unpaired) electrons. The molecule has 0 amide bonds. The first-order valence-electron chi connectivity index (χ1n) is 11.9. The van der Waals surface area contributed by atoms with Crippen LogP contribution in [0.2, 0.25) is 0 Å². The number of alkyl halides is 3. The monoisotopic (exact) mass is 482 g/mol. The second-order valence-corrected chi connectivity index (χ2v) is 8.85. The van der Waals surface area contributed by atoms with Crippen LogP contribution in [0, 0.1) is 5.92 Å². The van der Waals surface area contributed by atoms with Crippen LogP contribution in [0.3, 0.4) is 0 Å². The highest BCUT2D eigenvalue weighted by Crippen LogP contribution is 2.34. The third kappa shape index (κ3) is 7.10. The summed E-state index contributed by atoms with van der Waals surface area (Å²) in [5.74, 6) is -1.39. The summed E-state index contributed by atoms with van der Waals surface area (Å²) in [5, 5.41) is 0. The molecule has 0 N–H and O–H groups in total. The Balaban J connectivity index is 1.58. The van der Waals surface area contributed by atoms with Gasteiger partial charge in [-0.15, -0.1) is 0 Å². The van der Waals surface area contributed by atoms with Crippen LogP contribution in [0.15, 0.2) is 71.8 Å². The van der Waals surface area contributed by atoms with Gasteiger partial charge in [0.1, 0.15) is 5.78 Å². The molecule has 0 fully saturated rings. The molecule has 2 aromatic rings. The lowest BCUT2D eigenvalue weighted by molar-refractivity contribution is -0.122. The number of carbonyl (C=O) groups is 3. The second-order valence-electron chi connectivity index (χ2n) is 8.85. The number of rotatable bonds is 10. The van der Waals surface area contributed by atoms with Crippen molar-refractivity contribution in [3.8, 4) is 0 Å². The van der Waals surface area contributed by atoms with Gasteiger partial charge in [-0.1, -0.05) is 62.4 Å². The van der Waals surface area contributed by atoms with Crippen LogP contribution >= 0.6 is 0 Å². The lowest BCUT2D eigenvalue weighted by Crippen LogP contribution is -2.24. The van der Waals surface area contributed by atoms with Crippen molar-refractivity contribution in [3.05, 3.63) is 94.1 Å². The lowest BCUT2D eigenvalue weighted by Gasteiger charge is -2.21. The number of benzene rings is 2. The van der Waals surface area contributed by atoms with Crippen molar-refractivity contribution in [2.24, 2.45) is 5.92 Å². The molecule has 0 bridgehead atoms. The van der Waals surface area contributed by atoms with Gasteiger partial charge in [-0.05, 0) is 48.1 Å². The van der Waals surface area contributed by atoms with E-state index in [9.17, 15) is 27.6 Å². The maximum atomic E-state index is 13.2. The Labute approximate surface area is 203 Å². The van der Waals surface area contributed by atoms with Gasteiger partial charge in [0.15, 0.2) is 11.6 Å². The lowest BCUT2D eigenvalue weighted by atomic mass is 9.84. The molecule has 2 aromatic carbocycles. The van der Waals surface area contributed by atoms with E-state index < -0.39 is 23.5 Å². The van der Waals surface area contributed by atoms with E-state index in [-0.39, 0.29) is 36.4 Å². The molecule has 0 saturated heterocycles. The fourth-order valence-corrected chi connectivity index (χ4v) is 4.16. The molecule has 184 valence electrons. The number of hydrogen-bond acceptors (Lipinski definition) is 3. The smallest absolute Gasteiger partial charge is 0.299 e. The number of Topliss-reactive ketones (excluding diaryl/α,β-unsaturated/α-hetero) is 3. The van der Waals surface area contributed by atoms with Gasteiger partial charge in [0.2, 0.25) is 0 Å². The Morgan fingerprint density at radius 2 is 1.63 bits per heavy atom. The van der Waals surface area contributed by atoms with E-state index >= 15 is 0 Å². The molecule has 35 heavy (non-hydrogen) atoms. The van der Waals surface area contributed by atoms with Crippen molar-refractivity contribution < 1.29 is 27.6 Å². The molecule has 0 aliphatic heterocycles. The van der Waals surface area contributed by atoms with Crippen LogP contribution in [-0.4, -0.2) is 23.5 Å². The van der Waals surface area contributed by atoms with E-state index in [0.29, 0.717) is 24.8 Å². The second kappa shape index (κ2) is 11.4. The molecule has 3 nitrogen and oxygen atoms in total. The molecule has 0 heterocycles. The number of hydrogen-bond donors (Lipinski definition) is 0. The fraction of sp³-hybridized carbons (Fsp3) is 0.345. The summed E-state index contributed by atoms with van der Waals surface area (Å²) in [5.41, 5.74) is 2.83. The molecular weight excluding hydrogens is 453 g/mol. The highest BCUT2D eigenvalue weighted by Gasteiger charge is 2.37. The average Bonchev–Trinajstić information content (AvgIpc) is 2.83. The van der Waals surface area contributed by atoms with E-state index in [1.165, 1.54) is 0 Å². The summed E-state index contributed by atoms with van der Waals surface area (Å²) in [6, 6.07) is 15.3. The fourth-order valence-electron chi connectivity index (χ4n) is 4.16.